The van der Waals surface area contributed by atoms with Crippen LogP contribution in [-0.4, -0.2) is 20.2 Å². The van der Waals surface area contributed by atoms with Gasteiger partial charge in [0.05, 0.1) is 10.9 Å². The summed E-state index contributed by atoms with van der Waals surface area (Å²) >= 11 is 3.07. The van der Waals surface area contributed by atoms with E-state index in [2.05, 4.69) is 15.9 Å². The average molecular weight is 305 g/mol. The molecular weight excluding hydrogens is 292 g/mol. The highest BCUT2D eigenvalue weighted by Crippen LogP contribution is 2.03. The molecule has 17 heavy (non-hydrogen) atoms. The van der Waals surface area contributed by atoms with E-state index in [0.29, 0.717) is 0 Å². The van der Waals surface area contributed by atoms with Gasteiger partial charge in [0.1, 0.15) is 0 Å². The van der Waals surface area contributed by atoms with Crippen LogP contribution in [0.4, 0.5) is 0 Å². The van der Waals surface area contributed by atoms with Gasteiger partial charge in [-0.05, 0) is 29.8 Å². The van der Waals surface area contributed by atoms with Crippen molar-refractivity contribution in [2.75, 3.05) is 0 Å². The quantitative estimate of drug-likeness (QED) is 0.893. The number of hydrogen-bond donors (Lipinski definition) is 1. The monoisotopic (exact) mass is 304 g/mol. The summed E-state index contributed by atoms with van der Waals surface area (Å²) < 4.78 is 2.56. The van der Waals surface area contributed by atoms with Crippen molar-refractivity contribution >= 4 is 21.9 Å². The topological polar surface area (TPSA) is 81.3 Å². The molecule has 7 heteroatoms. The van der Waals surface area contributed by atoms with Crippen molar-refractivity contribution in [2.45, 2.75) is 32.9 Å². The van der Waals surface area contributed by atoms with Gasteiger partial charge in [-0.15, -0.1) is 0 Å². The van der Waals surface area contributed by atoms with Gasteiger partial charge in [-0.25, -0.2) is 4.79 Å². The summed E-state index contributed by atoms with van der Waals surface area (Å²) in [6.07, 6.45) is 1.16. The van der Waals surface area contributed by atoms with Crippen LogP contribution in [0.15, 0.2) is 20.3 Å². The largest absolute Gasteiger partial charge is 0.481 e. The van der Waals surface area contributed by atoms with Gasteiger partial charge in [0.15, 0.2) is 0 Å². The molecule has 0 bridgehead atoms. The molecule has 0 aliphatic rings. The summed E-state index contributed by atoms with van der Waals surface area (Å²) in [7, 11) is 0. The van der Waals surface area contributed by atoms with Gasteiger partial charge in [0.25, 0.3) is 5.56 Å². The van der Waals surface area contributed by atoms with Crippen LogP contribution >= 0.6 is 15.9 Å². The second kappa shape index (κ2) is 5.31. The van der Waals surface area contributed by atoms with Crippen LogP contribution in [0.1, 0.15) is 26.3 Å². The van der Waals surface area contributed by atoms with Crippen molar-refractivity contribution in [3.8, 4) is 0 Å². The molecule has 0 fully saturated rings. The highest BCUT2D eigenvalue weighted by atomic mass is 79.9. The Bertz CT molecular complexity index is 544. The lowest BCUT2D eigenvalue weighted by molar-refractivity contribution is -0.137. The molecule has 0 amide bonds. The summed E-state index contributed by atoms with van der Waals surface area (Å²) in [4.78, 5) is 34.1. The van der Waals surface area contributed by atoms with E-state index in [1.54, 1.807) is 13.8 Å². The third-order valence-electron chi connectivity index (χ3n) is 2.23. The Labute approximate surface area is 106 Å². The molecule has 1 N–H and O–H groups in total. The van der Waals surface area contributed by atoms with E-state index in [4.69, 9.17) is 5.11 Å². The Kier molecular flexibility index (Phi) is 4.28. The van der Waals surface area contributed by atoms with Gasteiger partial charge in [-0.1, -0.05) is 0 Å². The molecule has 0 aromatic carbocycles. The molecule has 0 saturated carbocycles. The number of aryl methyl sites for hydroxylation is 1. The molecule has 0 atom stereocenters. The number of carboxylic acid groups (broad SMARTS) is 1. The normalized spacial score (nSPS) is 10.8. The summed E-state index contributed by atoms with van der Waals surface area (Å²) in [5.74, 6) is -0.990. The lowest BCUT2D eigenvalue weighted by Gasteiger charge is -2.12. The van der Waals surface area contributed by atoms with E-state index >= 15 is 0 Å². The summed E-state index contributed by atoms with van der Waals surface area (Å²) in [6, 6.07) is -0.274. The zero-order valence-electron chi connectivity index (χ0n) is 9.51. The minimum Gasteiger partial charge on any atom is -0.481 e. The number of aromatic nitrogens is 2. The minimum atomic E-state index is -0.990. The number of nitrogens with zero attached hydrogens (tertiary/aromatic N) is 2. The summed E-state index contributed by atoms with van der Waals surface area (Å²) in [5.41, 5.74) is -0.897. The van der Waals surface area contributed by atoms with E-state index < -0.39 is 17.2 Å². The molecule has 0 unspecified atom stereocenters. The summed E-state index contributed by atoms with van der Waals surface area (Å²) in [5, 5.41) is 8.57. The Morgan fingerprint density at radius 3 is 2.53 bits per heavy atom. The number of carboxylic acids is 1. The lowest BCUT2D eigenvalue weighted by Crippen LogP contribution is -2.41. The minimum absolute atomic E-state index is 0.0414. The first-order valence-corrected chi connectivity index (χ1v) is 5.87. The van der Waals surface area contributed by atoms with Crippen LogP contribution in [0.25, 0.3) is 0 Å². The van der Waals surface area contributed by atoms with E-state index in [1.807, 2.05) is 0 Å². The fraction of sp³-hybridized carbons (Fsp3) is 0.500. The van der Waals surface area contributed by atoms with E-state index in [0.717, 1.165) is 4.57 Å². The van der Waals surface area contributed by atoms with Crippen LogP contribution in [0, 0.1) is 0 Å². The van der Waals surface area contributed by atoms with Crippen LogP contribution in [-0.2, 0) is 11.3 Å². The first kappa shape index (κ1) is 13.7. The van der Waals surface area contributed by atoms with E-state index in [9.17, 15) is 14.4 Å². The van der Waals surface area contributed by atoms with Gasteiger partial charge in [0, 0.05) is 18.8 Å². The molecule has 1 rings (SSSR count). The molecule has 94 valence electrons. The Hall–Kier alpha value is -1.37. The molecule has 1 aromatic heterocycles. The highest BCUT2D eigenvalue weighted by Gasteiger charge is 2.12. The van der Waals surface area contributed by atoms with Gasteiger partial charge >= 0.3 is 11.7 Å². The fourth-order valence-electron chi connectivity index (χ4n) is 1.42. The number of halogens is 1. The standard InChI is InChI=1S/C10H13BrN2O4/c1-6(2)13-9(16)7(11)5-12(10(13)17)4-3-8(14)15/h5-6H,3-4H2,1-2H3,(H,14,15). The van der Waals surface area contributed by atoms with Crippen LogP contribution in [0.3, 0.4) is 0 Å². The number of aliphatic carboxylic acids is 1. The third-order valence-corrected chi connectivity index (χ3v) is 2.77. The number of carbonyl (C=O) groups is 1. The second-order valence-electron chi connectivity index (χ2n) is 3.87. The molecule has 1 aromatic rings. The maximum atomic E-state index is 11.9. The second-order valence-corrected chi connectivity index (χ2v) is 4.72. The Morgan fingerprint density at radius 2 is 2.06 bits per heavy atom. The van der Waals surface area contributed by atoms with Crippen molar-refractivity contribution in [3.05, 3.63) is 31.5 Å². The number of rotatable bonds is 4. The molecule has 6 nitrogen and oxygen atoms in total. The molecule has 0 saturated heterocycles. The molecule has 0 radical (unpaired) electrons. The number of hydrogen-bond acceptors (Lipinski definition) is 3. The zero-order valence-corrected chi connectivity index (χ0v) is 11.1. The molecule has 0 spiro atoms. The first-order chi connectivity index (χ1) is 7.84. The van der Waals surface area contributed by atoms with Crippen molar-refractivity contribution in [1.29, 1.82) is 0 Å². The predicted octanol–water partition coefficient (Wildman–Crippen LogP) is 0.828. The Balaban J connectivity index is 3.30. The third kappa shape index (κ3) is 3.06. The highest BCUT2D eigenvalue weighted by molar-refractivity contribution is 9.10. The van der Waals surface area contributed by atoms with Gasteiger partial charge < -0.3 is 5.11 Å². The van der Waals surface area contributed by atoms with E-state index in [1.165, 1.54) is 10.8 Å². The van der Waals surface area contributed by atoms with Crippen molar-refractivity contribution < 1.29 is 9.90 Å². The van der Waals surface area contributed by atoms with Crippen molar-refractivity contribution in [3.63, 3.8) is 0 Å². The zero-order chi connectivity index (χ0) is 13.2. The SMILES string of the molecule is CC(C)n1c(=O)c(Br)cn(CCC(=O)O)c1=O. The molecule has 0 aliphatic heterocycles. The Morgan fingerprint density at radius 1 is 1.47 bits per heavy atom. The maximum absolute atomic E-state index is 11.9. The fourth-order valence-corrected chi connectivity index (χ4v) is 1.86. The van der Waals surface area contributed by atoms with Gasteiger partial charge in [-0.3, -0.25) is 18.7 Å². The molecule has 1 heterocycles. The van der Waals surface area contributed by atoms with Gasteiger partial charge in [-0.2, -0.15) is 0 Å². The first-order valence-electron chi connectivity index (χ1n) is 5.08. The van der Waals surface area contributed by atoms with Crippen molar-refractivity contribution in [2.24, 2.45) is 0 Å². The maximum Gasteiger partial charge on any atom is 0.331 e. The van der Waals surface area contributed by atoms with Crippen LogP contribution in [0.2, 0.25) is 0 Å². The van der Waals surface area contributed by atoms with Crippen LogP contribution in [0.5, 0.6) is 0 Å². The van der Waals surface area contributed by atoms with Crippen molar-refractivity contribution in [1.82, 2.24) is 9.13 Å². The average Bonchev–Trinajstić information content (AvgIpc) is 2.21. The smallest absolute Gasteiger partial charge is 0.331 e. The molecular formula is C10H13BrN2O4. The lowest BCUT2D eigenvalue weighted by atomic mass is 10.4. The van der Waals surface area contributed by atoms with Crippen LogP contribution < -0.4 is 11.2 Å². The molecule has 0 aliphatic carbocycles. The summed E-state index contributed by atoms with van der Waals surface area (Å²) in [6.45, 7) is 3.48. The van der Waals surface area contributed by atoms with Gasteiger partial charge in [0.2, 0.25) is 0 Å². The predicted molar refractivity (Wildman–Crippen MR) is 65.3 cm³/mol. The van der Waals surface area contributed by atoms with E-state index in [-0.39, 0.29) is 23.5 Å².